The van der Waals surface area contributed by atoms with Crippen LogP contribution in [0.1, 0.15) is 15.9 Å². The average Bonchev–Trinajstić information content (AvgIpc) is 3.18. The smallest absolute Gasteiger partial charge is 0.198 e. The van der Waals surface area contributed by atoms with Crippen molar-refractivity contribution in [2.24, 2.45) is 0 Å². The molecule has 0 aliphatic rings. The van der Waals surface area contributed by atoms with Crippen molar-refractivity contribution in [3.63, 3.8) is 0 Å². The van der Waals surface area contributed by atoms with Gasteiger partial charge >= 0.3 is 0 Å². The zero-order valence-electron chi connectivity index (χ0n) is 16.8. The van der Waals surface area contributed by atoms with E-state index in [1.807, 2.05) is 59.2 Å². The third-order valence-corrected chi connectivity index (χ3v) is 5.49. The molecule has 4 heteroatoms. The van der Waals surface area contributed by atoms with Gasteiger partial charge < -0.3 is 9.30 Å². The number of aromatic nitrogens is 1. The van der Waals surface area contributed by atoms with Gasteiger partial charge in [0, 0.05) is 28.0 Å². The molecule has 0 amide bonds. The van der Waals surface area contributed by atoms with Crippen LogP contribution in [-0.4, -0.2) is 17.0 Å². The Labute approximate surface area is 179 Å². The minimum absolute atomic E-state index is 0.0809. The van der Waals surface area contributed by atoms with E-state index < -0.39 is 5.82 Å². The van der Waals surface area contributed by atoms with Crippen molar-refractivity contribution in [2.45, 2.75) is 6.54 Å². The molecule has 4 aromatic carbocycles. The predicted octanol–water partition coefficient (Wildman–Crippen LogP) is 6.24. The van der Waals surface area contributed by atoms with E-state index in [2.05, 4.69) is 12.1 Å². The van der Waals surface area contributed by atoms with Crippen LogP contribution in [0.5, 0.6) is 5.75 Å². The van der Waals surface area contributed by atoms with Gasteiger partial charge in [-0.2, -0.15) is 0 Å². The fourth-order valence-electron chi connectivity index (χ4n) is 3.98. The number of carbonyl (C=O) groups excluding carboxylic acids is 1. The van der Waals surface area contributed by atoms with E-state index in [0.717, 1.165) is 27.4 Å². The average molecular weight is 409 g/mol. The lowest BCUT2D eigenvalue weighted by Crippen LogP contribution is -2.08. The zero-order chi connectivity index (χ0) is 21.2. The highest BCUT2D eigenvalue weighted by molar-refractivity contribution is 6.16. The number of fused-ring (bicyclic) bond motifs is 2. The first kappa shape index (κ1) is 19.1. The Hall–Kier alpha value is -3.92. The van der Waals surface area contributed by atoms with Crippen molar-refractivity contribution in [3.8, 4) is 5.75 Å². The minimum Gasteiger partial charge on any atom is -0.491 e. The molecule has 5 rings (SSSR count). The number of carbonyl (C=O) groups is 1. The van der Waals surface area contributed by atoms with E-state index in [-0.39, 0.29) is 11.3 Å². The normalized spacial score (nSPS) is 11.1. The molecule has 152 valence electrons. The summed E-state index contributed by atoms with van der Waals surface area (Å²) in [5.41, 5.74) is 1.49. The number of ether oxygens (including phenoxy) is 1. The summed E-state index contributed by atoms with van der Waals surface area (Å²) in [7, 11) is 0. The minimum atomic E-state index is -0.511. The largest absolute Gasteiger partial charge is 0.491 e. The van der Waals surface area contributed by atoms with Gasteiger partial charge in [-0.1, -0.05) is 66.7 Å². The summed E-state index contributed by atoms with van der Waals surface area (Å²) >= 11 is 0. The van der Waals surface area contributed by atoms with Crippen molar-refractivity contribution >= 4 is 27.5 Å². The Morgan fingerprint density at radius 1 is 0.774 bits per heavy atom. The van der Waals surface area contributed by atoms with E-state index in [1.54, 1.807) is 18.3 Å². The molecule has 5 aromatic rings. The second-order valence-electron chi connectivity index (χ2n) is 7.39. The molecule has 0 bridgehead atoms. The summed E-state index contributed by atoms with van der Waals surface area (Å²) in [6, 6.07) is 27.9. The van der Waals surface area contributed by atoms with Gasteiger partial charge in [-0.05, 0) is 29.7 Å². The maximum atomic E-state index is 14.2. The molecule has 0 fully saturated rings. The molecule has 0 radical (unpaired) electrons. The first-order chi connectivity index (χ1) is 15.2. The van der Waals surface area contributed by atoms with Crippen LogP contribution in [0, 0.1) is 5.82 Å². The summed E-state index contributed by atoms with van der Waals surface area (Å²) in [5, 5.41) is 3.00. The number of hydrogen-bond donors (Lipinski definition) is 0. The lowest BCUT2D eigenvalue weighted by Gasteiger charge is -2.10. The summed E-state index contributed by atoms with van der Waals surface area (Å²) in [4.78, 5) is 13.1. The van der Waals surface area contributed by atoms with E-state index in [9.17, 15) is 9.18 Å². The fourth-order valence-corrected chi connectivity index (χ4v) is 3.98. The highest BCUT2D eigenvalue weighted by atomic mass is 19.1. The van der Waals surface area contributed by atoms with Gasteiger partial charge in [0.05, 0.1) is 12.1 Å². The van der Waals surface area contributed by atoms with E-state index >= 15 is 0 Å². The number of rotatable bonds is 6. The molecular formula is C27H20FNO2. The molecule has 0 spiro atoms. The maximum absolute atomic E-state index is 14.2. The number of benzene rings is 4. The lowest BCUT2D eigenvalue weighted by molar-refractivity contribution is 0.103. The topological polar surface area (TPSA) is 31.2 Å². The van der Waals surface area contributed by atoms with Crippen LogP contribution in [0.4, 0.5) is 4.39 Å². The third kappa shape index (κ3) is 3.57. The molecule has 31 heavy (non-hydrogen) atoms. The Balaban J connectivity index is 1.43. The third-order valence-electron chi connectivity index (χ3n) is 5.49. The number of ketones is 1. The Bertz CT molecular complexity index is 1400. The highest BCUT2D eigenvalue weighted by Gasteiger charge is 2.19. The lowest BCUT2D eigenvalue weighted by atomic mass is 10.0. The van der Waals surface area contributed by atoms with Gasteiger partial charge in [0.25, 0.3) is 0 Å². The number of nitrogens with zero attached hydrogens (tertiary/aromatic N) is 1. The number of para-hydroxylation sites is 1. The van der Waals surface area contributed by atoms with Crippen LogP contribution in [0.2, 0.25) is 0 Å². The van der Waals surface area contributed by atoms with E-state index in [4.69, 9.17) is 4.74 Å². The molecule has 0 N–H and O–H groups in total. The standard InChI is InChI=1S/C27H20FNO2/c28-24-13-5-3-12-22(24)27(30)23-18-29(25-14-6-4-11-21(23)25)16-17-31-26-15-7-9-19-8-1-2-10-20(19)26/h1-15,18H,16-17H2. The van der Waals surface area contributed by atoms with Crippen molar-refractivity contribution in [3.05, 3.63) is 114 Å². The Kier molecular flexibility index (Phi) is 4.97. The second-order valence-corrected chi connectivity index (χ2v) is 7.39. The van der Waals surface area contributed by atoms with Crippen LogP contribution >= 0.6 is 0 Å². The molecule has 0 atom stereocenters. The quantitative estimate of drug-likeness (QED) is 0.311. The van der Waals surface area contributed by atoms with E-state index in [1.165, 1.54) is 12.1 Å². The molecule has 0 saturated heterocycles. The Morgan fingerprint density at radius 2 is 1.48 bits per heavy atom. The summed E-state index contributed by atoms with van der Waals surface area (Å²) < 4.78 is 22.3. The zero-order valence-corrected chi connectivity index (χ0v) is 16.8. The van der Waals surface area contributed by atoms with Gasteiger partial charge in [-0.3, -0.25) is 4.79 Å². The van der Waals surface area contributed by atoms with Crippen LogP contribution in [-0.2, 0) is 6.54 Å². The summed E-state index contributed by atoms with van der Waals surface area (Å²) in [6.07, 6.45) is 1.80. The fraction of sp³-hybridized carbons (Fsp3) is 0.0741. The van der Waals surface area contributed by atoms with Gasteiger partial charge in [0.15, 0.2) is 5.78 Å². The second kappa shape index (κ2) is 8.07. The first-order valence-electron chi connectivity index (χ1n) is 10.2. The van der Waals surface area contributed by atoms with Crippen LogP contribution in [0.25, 0.3) is 21.7 Å². The molecule has 1 heterocycles. The number of halogens is 1. The molecular weight excluding hydrogens is 389 g/mol. The monoisotopic (exact) mass is 409 g/mol. The van der Waals surface area contributed by atoms with Crippen molar-refractivity contribution in [1.82, 2.24) is 4.57 Å². The molecule has 0 saturated carbocycles. The van der Waals surface area contributed by atoms with Crippen molar-refractivity contribution in [1.29, 1.82) is 0 Å². The first-order valence-corrected chi connectivity index (χ1v) is 10.2. The van der Waals surface area contributed by atoms with Crippen LogP contribution < -0.4 is 4.74 Å². The highest BCUT2D eigenvalue weighted by Crippen LogP contribution is 2.27. The predicted molar refractivity (Wildman–Crippen MR) is 121 cm³/mol. The summed E-state index contributed by atoms with van der Waals surface area (Å²) in [6.45, 7) is 1.01. The van der Waals surface area contributed by atoms with Gasteiger partial charge in [0.1, 0.15) is 18.2 Å². The van der Waals surface area contributed by atoms with Crippen molar-refractivity contribution in [2.75, 3.05) is 6.61 Å². The SMILES string of the molecule is O=C(c1ccccc1F)c1cn(CCOc2cccc3ccccc23)c2ccccc12. The molecule has 0 aliphatic heterocycles. The Morgan fingerprint density at radius 3 is 2.35 bits per heavy atom. The van der Waals surface area contributed by atoms with Crippen LogP contribution in [0.3, 0.4) is 0 Å². The van der Waals surface area contributed by atoms with Gasteiger partial charge in [-0.25, -0.2) is 4.39 Å². The van der Waals surface area contributed by atoms with E-state index in [0.29, 0.717) is 18.7 Å². The van der Waals surface area contributed by atoms with Crippen LogP contribution in [0.15, 0.2) is 97.2 Å². The number of hydrogen-bond acceptors (Lipinski definition) is 2. The molecule has 0 unspecified atom stereocenters. The molecule has 0 aliphatic carbocycles. The summed E-state index contributed by atoms with van der Waals surface area (Å²) in [5.74, 6) is 0.00357. The molecule has 1 aromatic heterocycles. The van der Waals surface area contributed by atoms with Gasteiger partial charge in [-0.15, -0.1) is 0 Å². The van der Waals surface area contributed by atoms with Crippen molar-refractivity contribution < 1.29 is 13.9 Å². The molecule has 3 nitrogen and oxygen atoms in total. The van der Waals surface area contributed by atoms with Gasteiger partial charge in [0.2, 0.25) is 0 Å². The maximum Gasteiger partial charge on any atom is 0.198 e.